The fourth-order valence-electron chi connectivity index (χ4n) is 2.41. The van der Waals surface area contributed by atoms with Gasteiger partial charge >= 0.3 is 5.97 Å². The number of halogens is 1. The maximum Gasteiger partial charge on any atom is 0.336 e. The highest BCUT2D eigenvalue weighted by Crippen LogP contribution is 2.27. The summed E-state index contributed by atoms with van der Waals surface area (Å²) in [5.41, 5.74) is 3.71. The SMILES string of the molecule is CCc1ccc(-c2cc(F)ccc2C(=O)O)cc1CC. The van der Waals surface area contributed by atoms with E-state index in [-0.39, 0.29) is 5.56 Å². The highest BCUT2D eigenvalue weighted by Gasteiger charge is 2.13. The molecule has 0 spiro atoms. The molecule has 104 valence electrons. The van der Waals surface area contributed by atoms with Gasteiger partial charge in [-0.1, -0.05) is 32.0 Å². The number of rotatable bonds is 4. The minimum Gasteiger partial charge on any atom is -0.478 e. The fourth-order valence-corrected chi connectivity index (χ4v) is 2.41. The number of aromatic carboxylic acids is 1. The zero-order valence-electron chi connectivity index (χ0n) is 11.6. The summed E-state index contributed by atoms with van der Waals surface area (Å²) in [5, 5.41) is 9.22. The predicted octanol–water partition coefficient (Wildman–Crippen LogP) is 4.32. The summed E-state index contributed by atoms with van der Waals surface area (Å²) >= 11 is 0. The normalized spacial score (nSPS) is 10.6. The van der Waals surface area contributed by atoms with Crippen molar-refractivity contribution in [2.45, 2.75) is 26.7 Å². The summed E-state index contributed by atoms with van der Waals surface area (Å²) in [7, 11) is 0. The third-order valence-electron chi connectivity index (χ3n) is 3.49. The van der Waals surface area contributed by atoms with E-state index in [0.717, 1.165) is 18.4 Å². The number of hydrogen-bond donors (Lipinski definition) is 1. The van der Waals surface area contributed by atoms with Crippen LogP contribution < -0.4 is 0 Å². The number of carboxylic acid groups (broad SMARTS) is 1. The van der Waals surface area contributed by atoms with Crippen molar-refractivity contribution in [3.8, 4) is 11.1 Å². The first kappa shape index (κ1) is 14.3. The molecule has 0 bridgehead atoms. The Hall–Kier alpha value is -2.16. The van der Waals surface area contributed by atoms with E-state index in [0.29, 0.717) is 5.56 Å². The predicted molar refractivity (Wildman–Crippen MR) is 77.6 cm³/mol. The molecule has 0 amide bonds. The van der Waals surface area contributed by atoms with Gasteiger partial charge in [-0.2, -0.15) is 0 Å². The maximum absolute atomic E-state index is 13.4. The summed E-state index contributed by atoms with van der Waals surface area (Å²) in [5.74, 6) is -1.47. The van der Waals surface area contributed by atoms with Crippen LogP contribution in [0.1, 0.15) is 35.3 Å². The Morgan fingerprint density at radius 3 is 2.35 bits per heavy atom. The molecule has 2 aromatic rings. The van der Waals surface area contributed by atoms with E-state index in [4.69, 9.17) is 0 Å². The molecule has 1 N–H and O–H groups in total. The van der Waals surface area contributed by atoms with Gasteiger partial charge in [0.05, 0.1) is 5.56 Å². The summed E-state index contributed by atoms with van der Waals surface area (Å²) in [6.45, 7) is 4.14. The van der Waals surface area contributed by atoms with Crippen LogP contribution in [0, 0.1) is 5.82 Å². The Bertz CT molecular complexity index is 647. The molecule has 2 aromatic carbocycles. The van der Waals surface area contributed by atoms with E-state index < -0.39 is 11.8 Å². The van der Waals surface area contributed by atoms with Crippen LogP contribution in [0.2, 0.25) is 0 Å². The molecule has 0 unspecified atom stereocenters. The number of benzene rings is 2. The molecule has 20 heavy (non-hydrogen) atoms. The fraction of sp³-hybridized carbons (Fsp3) is 0.235. The highest BCUT2D eigenvalue weighted by atomic mass is 19.1. The van der Waals surface area contributed by atoms with Gasteiger partial charge in [0.2, 0.25) is 0 Å². The summed E-state index contributed by atoms with van der Waals surface area (Å²) in [4.78, 5) is 11.3. The van der Waals surface area contributed by atoms with Crippen molar-refractivity contribution in [2.24, 2.45) is 0 Å². The second kappa shape index (κ2) is 5.87. The average Bonchev–Trinajstić information content (AvgIpc) is 2.46. The van der Waals surface area contributed by atoms with Crippen LogP contribution in [0.4, 0.5) is 4.39 Å². The maximum atomic E-state index is 13.4. The second-order valence-corrected chi connectivity index (χ2v) is 4.69. The lowest BCUT2D eigenvalue weighted by molar-refractivity contribution is 0.0697. The topological polar surface area (TPSA) is 37.3 Å². The van der Waals surface area contributed by atoms with Crippen LogP contribution in [0.3, 0.4) is 0 Å². The monoisotopic (exact) mass is 272 g/mol. The van der Waals surface area contributed by atoms with Crippen molar-refractivity contribution in [1.82, 2.24) is 0 Å². The van der Waals surface area contributed by atoms with Gasteiger partial charge in [-0.25, -0.2) is 9.18 Å². The lowest BCUT2D eigenvalue weighted by Crippen LogP contribution is -2.01. The van der Waals surface area contributed by atoms with Crippen LogP contribution in [-0.2, 0) is 12.8 Å². The van der Waals surface area contributed by atoms with E-state index in [9.17, 15) is 14.3 Å². The molecule has 0 saturated carbocycles. The van der Waals surface area contributed by atoms with Crippen molar-refractivity contribution in [1.29, 1.82) is 0 Å². The minimum atomic E-state index is -1.04. The van der Waals surface area contributed by atoms with Crippen LogP contribution in [0.5, 0.6) is 0 Å². The average molecular weight is 272 g/mol. The Kier molecular flexibility index (Phi) is 4.18. The van der Waals surface area contributed by atoms with Gasteiger partial charge in [0.15, 0.2) is 0 Å². The van der Waals surface area contributed by atoms with Gasteiger partial charge in [-0.05, 0) is 53.3 Å². The third-order valence-corrected chi connectivity index (χ3v) is 3.49. The van der Waals surface area contributed by atoms with Gasteiger partial charge < -0.3 is 5.11 Å². The van der Waals surface area contributed by atoms with Crippen molar-refractivity contribution >= 4 is 5.97 Å². The number of carboxylic acids is 1. The van der Waals surface area contributed by atoms with Crippen molar-refractivity contribution < 1.29 is 14.3 Å². The van der Waals surface area contributed by atoms with E-state index in [1.807, 2.05) is 18.2 Å². The molecule has 0 aliphatic carbocycles. The van der Waals surface area contributed by atoms with Gasteiger partial charge in [-0.3, -0.25) is 0 Å². The van der Waals surface area contributed by atoms with E-state index in [1.54, 1.807) is 0 Å². The van der Waals surface area contributed by atoms with Crippen LogP contribution >= 0.6 is 0 Å². The zero-order valence-corrected chi connectivity index (χ0v) is 11.6. The third kappa shape index (κ3) is 2.72. The Morgan fingerprint density at radius 1 is 1.05 bits per heavy atom. The molecule has 2 nitrogen and oxygen atoms in total. The number of carbonyl (C=O) groups is 1. The second-order valence-electron chi connectivity index (χ2n) is 4.69. The largest absolute Gasteiger partial charge is 0.478 e. The van der Waals surface area contributed by atoms with E-state index >= 15 is 0 Å². The minimum absolute atomic E-state index is 0.123. The molecule has 0 radical (unpaired) electrons. The molecule has 0 aliphatic heterocycles. The van der Waals surface area contributed by atoms with Gasteiger partial charge in [0, 0.05) is 0 Å². The molecule has 0 aliphatic rings. The lowest BCUT2D eigenvalue weighted by atomic mass is 9.94. The van der Waals surface area contributed by atoms with E-state index in [2.05, 4.69) is 13.8 Å². The van der Waals surface area contributed by atoms with Crippen LogP contribution in [0.15, 0.2) is 36.4 Å². The van der Waals surface area contributed by atoms with Gasteiger partial charge in [0.25, 0.3) is 0 Å². The first-order valence-corrected chi connectivity index (χ1v) is 6.71. The Labute approximate surface area is 117 Å². The smallest absolute Gasteiger partial charge is 0.336 e. The van der Waals surface area contributed by atoms with E-state index in [1.165, 1.54) is 29.3 Å². The molecule has 0 fully saturated rings. The molecular weight excluding hydrogens is 255 g/mol. The Morgan fingerprint density at radius 2 is 1.75 bits per heavy atom. The number of hydrogen-bond acceptors (Lipinski definition) is 1. The molecule has 3 heteroatoms. The van der Waals surface area contributed by atoms with Crippen molar-refractivity contribution in [3.05, 3.63) is 58.9 Å². The first-order chi connectivity index (χ1) is 9.56. The van der Waals surface area contributed by atoms with Crippen molar-refractivity contribution in [2.75, 3.05) is 0 Å². The summed E-state index contributed by atoms with van der Waals surface area (Å²) in [6, 6.07) is 9.58. The molecular formula is C17H17FO2. The summed E-state index contributed by atoms with van der Waals surface area (Å²) < 4.78 is 13.4. The molecule has 0 saturated heterocycles. The standard InChI is InChI=1S/C17H17FO2/c1-3-11-5-6-13(9-12(11)4-2)16-10-14(18)7-8-15(16)17(19)20/h5-10H,3-4H2,1-2H3,(H,19,20). The molecule has 0 heterocycles. The van der Waals surface area contributed by atoms with Crippen LogP contribution in [0.25, 0.3) is 11.1 Å². The van der Waals surface area contributed by atoms with Gasteiger partial charge in [-0.15, -0.1) is 0 Å². The summed E-state index contributed by atoms with van der Waals surface area (Å²) in [6.07, 6.45) is 1.80. The molecule has 0 atom stereocenters. The highest BCUT2D eigenvalue weighted by molar-refractivity contribution is 5.96. The van der Waals surface area contributed by atoms with Crippen LogP contribution in [-0.4, -0.2) is 11.1 Å². The quantitative estimate of drug-likeness (QED) is 0.900. The zero-order chi connectivity index (χ0) is 14.7. The number of aryl methyl sites for hydroxylation is 2. The molecule has 0 aromatic heterocycles. The van der Waals surface area contributed by atoms with Gasteiger partial charge in [0.1, 0.15) is 5.82 Å². The Balaban J connectivity index is 2.61. The first-order valence-electron chi connectivity index (χ1n) is 6.71. The van der Waals surface area contributed by atoms with Crippen molar-refractivity contribution in [3.63, 3.8) is 0 Å². The molecule has 2 rings (SSSR count). The lowest BCUT2D eigenvalue weighted by Gasteiger charge is -2.11.